The van der Waals surface area contributed by atoms with Gasteiger partial charge in [-0.05, 0) is 79.4 Å². The van der Waals surface area contributed by atoms with E-state index in [1.807, 2.05) is 111 Å². The van der Waals surface area contributed by atoms with E-state index in [1.54, 1.807) is 22.0 Å². The molecule has 6 atom stereocenters. The molecule has 1 spiro atoms. The predicted octanol–water partition coefficient (Wildman–Crippen LogP) is 6.48. The monoisotopic (exact) mass is 699 g/mol. The number of anilines is 2. The summed E-state index contributed by atoms with van der Waals surface area (Å²) in [5.41, 5.74) is -0.370. The molecule has 1 N–H and O–H groups in total. The Kier molecular flexibility index (Phi) is 9.50. The number of ether oxygens (including phenoxy) is 2. The van der Waals surface area contributed by atoms with Crippen LogP contribution in [0.5, 0.6) is 5.75 Å². The summed E-state index contributed by atoms with van der Waals surface area (Å²) in [5, 5.41) is 13.0. The van der Waals surface area contributed by atoms with Gasteiger partial charge in [0.1, 0.15) is 17.4 Å². The summed E-state index contributed by atoms with van der Waals surface area (Å²) in [6, 6.07) is 28.2. The van der Waals surface area contributed by atoms with Gasteiger partial charge in [-0.15, -0.1) is 13.2 Å². The van der Waals surface area contributed by atoms with Gasteiger partial charge in [0, 0.05) is 24.5 Å². The minimum Gasteiger partial charge on any atom is -0.494 e. The normalized spacial score (nSPS) is 25.1. The van der Waals surface area contributed by atoms with Crippen molar-refractivity contribution in [3.05, 3.63) is 128 Å². The molecule has 0 radical (unpaired) electrons. The van der Waals surface area contributed by atoms with E-state index in [1.165, 1.54) is 4.90 Å². The highest BCUT2D eigenvalue weighted by Crippen LogP contribution is 2.64. The number of benzene rings is 4. The second kappa shape index (κ2) is 14.1. The molecule has 7 rings (SSSR count). The standard InChI is InChI=1S/C43H45N3O6/c1-5-25-44(32-19-21-34(22-20-32)51-7-3)39(48)36-37-40(49)46(35(28-47)30-14-9-8-10-15-30)38(43(37)24-23-42(36,4)52-43)41(50)45(26-6-2)33-18-17-29-13-11-12-16-31(29)27-33/h5-6,8-22,27,35-38,47H,1-2,7,23-26,28H2,3-4H3/t35-,36-,37+,38?,42+,43?/m1/s1. The Bertz CT molecular complexity index is 2000. The molecule has 3 heterocycles. The van der Waals surface area contributed by atoms with Crippen LogP contribution < -0.4 is 14.5 Å². The first-order valence-electron chi connectivity index (χ1n) is 18.0. The number of amides is 3. The van der Waals surface area contributed by atoms with Gasteiger partial charge >= 0.3 is 0 Å². The molecule has 3 fully saturated rings. The molecule has 0 aliphatic carbocycles. The maximum atomic E-state index is 15.3. The summed E-state index contributed by atoms with van der Waals surface area (Å²) in [6.45, 7) is 12.1. The second-order valence-electron chi connectivity index (χ2n) is 14.0. The fourth-order valence-corrected chi connectivity index (χ4v) is 8.84. The zero-order valence-electron chi connectivity index (χ0n) is 29.7. The molecule has 0 saturated carbocycles. The first-order valence-corrected chi connectivity index (χ1v) is 18.0. The van der Waals surface area contributed by atoms with E-state index in [9.17, 15) is 9.90 Å². The SMILES string of the molecule is C=CCN(C(=O)C1N([C@H](CO)c2ccccc2)C(=O)[C@@H]2[C@H](C(=O)N(CC=C)c3ccc(OCC)cc3)[C@]3(C)CCC12O3)c1ccc2ccccc2c1. The summed E-state index contributed by atoms with van der Waals surface area (Å²) < 4.78 is 12.6. The van der Waals surface area contributed by atoms with Crippen molar-refractivity contribution >= 4 is 39.9 Å². The summed E-state index contributed by atoms with van der Waals surface area (Å²) in [7, 11) is 0. The van der Waals surface area contributed by atoms with E-state index in [4.69, 9.17) is 9.47 Å². The van der Waals surface area contributed by atoms with Gasteiger partial charge in [-0.25, -0.2) is 0 Å². The second-order valence-corrected chi connectivity index (χ2v) is 14.0. The fourth-order valence-electron chi connectivity index (χ4n) is 8.84. The smallest absolute Gasteiger partial charge is 0.253 e. The van der Waals surface area contributed by atoms with Crippen molar-refractivity contribution in [2.24, 2.45) is 11.8 Å². The van der Waals surface area contributed by atoms with Crippen LogP contribution >= 0.6 is 0 Å². The maximum absolute atomic E-state index is 15.3. The molecule has 3 aliphatic rings. The molecule has 2 unspecified atom stereocenters. The minimum absolute atomic E-state index is 0.177. The first-order chi connectivity index (χ1) is 25.2. The van der Waals surface area contributed by atoms with E-state index in [0.717, 1.165) is 10.8 Å². The van der Waals surface area contributed by atoms with Crippen LogP contribution in [-0.2, 0) is 19.1 Å². The largest absolute Gasteiger partial charge is 0.494 e. The number of aliphatic hydroxyl groups is 1. The lowest BCUT2D eigenvalue weighted by molar-refractivity contribution is -0.148. The molecule has 3 amide bonds. The molecular weight excluding hydrogens is 654 g/mol. The van der Waals surface area contributed by atoms with Gasteiger partial charge in [-0.2, -0.15) is 0 Å². The fraction of sp³-hybridized carbons (Fsp3) is 0.326. The molecule has 4 aromatic carbocycles. The third-order valence-corrected chi connectivity index (χ3v) is 11.1. The Morgan fingerprint density at radius 2 is 1.54 bits per heavy atom. The molecule has 52 heavy (non-hydrogen) atoms. The van der Waals surface area contributed by atoms with Crippen LogP contribution in [-0.4, -0.2) is 71.3 Å². The topological polar surface area (TPSA) is 99.6 Å². The summed E-state index contributed by atoms with van der Waals surface area (Å²) in [5.74, 6) is -2.21. The molecule has 3 aliphatic heterocycles. The number of carbonyl (C=O) groups excluding carboxylic acids is 3. The van der Waals surface area contributed by atoms with Crippen LogP contribution in [0, 0.1) is 11.8 Å². The Morgan fingerprint density at radius 1 is 0.904 bits per heavy atom. The van der Waals surface area contributed by atoms with Crippen molar-refractivity contribution in [2.45, 2.75) is 50.0 Å². The lowest BCUT2D eigenvalue weighted by Crippen LogP contribution is -2.57. The van der Waals surface area contributed by atoms with Gasteiger partial charge in [-0.3, -0.25) is 14.4 Å². The van der Waals surface area contributed by atoms with E-state index in [0.29, 0.717) is 42.1 Å². The van der Waals surface area contributed by atoms with Crippen LogP contribution in [0.2, 0.25) is 0 Å². The first kappa shape index (κ1) is 35.2. The Balaban J connectivity index is 1.35. The highest BCUT2D eigenvalue weighted by atomic mass is 16.5. The van der Waals surface area contributed by atoms with Crippen molar-refractivity contribution in [3.63, 3.8) is 0 Å². The Labute approximate surface area is 304 Å². The van der Waals surface area contributed by atoms with Crippen molar-refractivity contribution in [2.75, 3.05) is 36.1 Å². The van der Waals surface area contributed by atoms with Crippen molar-refractivity contribution in [3.8, 4) is 5.75 Å². The third kappa shape index (κ3) is 5.68. The maximum Gasteiger partial charge on any atom is 0.253 e. The van der Waals surface area contributed by atoms with Gasteiger partial charge in [0.15, 0.2) is 0 Å². The van der Waals surface area contributed by atoms with E-state index in [2.05, 4.69) is 13.2 Å². The lowest BCUT2D eigenvalue weighted by atomic mass is 9.66. The average molecular weight is 700 g/mol. The highest BCUT2D eigenvalue weighted by molar-refractivity contribution is 6.07. The molecule has 3 saturated heterocycles. The molecule has 0 aromatic heterocycles. The number of fused-ring (bicyclic) bond motifs is 2. The molecule has 268 valence electrons. The van der Waals surface area contributed by atoms with E-state index < -0.39 is 41.7 Å². The van der Waals surface area contributed by atoms with Crippen LogP contribution in [0.15, 0.2) is 122 Å². The van der Waals surface area contributed by atoms with Gasteiger partial charge < -0.3 is 29.3 Å². The molecule has 2 bridgehead atoms. The summed E-state index contributed by atoms with van der Waals surface area (Å²) >= 11 is 0. The number of hydrogen-bond acceptors (Lipinski definition) is 6. The van der Waals surface area contributed by atoms with Gasteiger partial charge in [-0.1, -0.05) is 72.8 Å². The highest BCUT2D eigenvalue weighted by Gasteiger charge is 2.79. The average Bonchev–Trinajstić information content (AvgIpc) is 3.74. The van der Waals surface area contributed by atoms with Crippen LogP contribution in [0.4, 0.5) is 11.4 Å². The number of hydrogen-bond donors (Lipinski definition) is 1. The van der Waals surface area contributed by atoms with Gasteiger partial charge in [0.2, 0.25) is 11.8 Å². The Hall–Kier alpha value is -5.25. The number of carbonyl (C=O) groups is 3. The van der Waals surface area contributed by atoms with Crippen molar-refractivity contribution in [1.82, 2.24) is 4.90 Å². The minimum atomic E-state index is -1.32. The van der Waals surface area contributed by atoms with Crippen LogP contribution in [0.1, 0.15) is 38.3 Å². The quantitative estimate of drug-likeness (QED) is 0.161. The summed E-state index contributed by atoms with van der Waals surface area (Å²) in [6.07, 6.45) is 4.19. The zero-order chi connectivity index (χ0) is 36.6. The zero-order valence-corrected chi connectivity index (χ0v) is 29.7. The van der Waals surface area contributed by atoms with E-state index >= 15 is 9.59 Å². The number of likely N-dealkylation sites (tertiary alicyclic amines) is 1. The predicted molar refractivity (Wildman–Crippen MR) is 202 cm³/mol. The van der Waals surface area contributed by atoms with Gasteiger partial charge in [0.05, 0.1) is 36.7 Å². The van der Waals surface area contributed by atoms with E-state index in [-0.39, 0.29) is 30.8 Å². The molecule has 4 aromatic rings. The van der Waals surface area contributed by atoms with Crippen molar-refractivity contribution in [1.29, 1.82) is 0 Å². The summed E-state index contributed by atoms with van der Waals surface area (Å²) in [4.78, 5) is 50.2. The number of rotatable bonds is 13. The molecule has 9 nitrogen and oxygen atoms in total. The molecule has 9 heteroatoms. The number of aliphatic hydroxyl groups excluding tert-OH is 1. The van der Waals surface area contributed by atoms with Crippen molar-refractivity contribution < 1.29 is 29.0 Å². The third-order valence-electron chi connectivity index (χ3n) is 11.1. The van der Waals surface area contributed by atoms with Crippen LogP contribution in [0.3, 0.4) is 0 Å². The number of nitrogens with zero attached hydrogens (tertiary/aromatic N) is 3. The van der Waals surface area contributed by atoms with Crippen LogP contribution in [0.25, 0.3) is 10.8 Å². The molecular formula is C43H45N3O6. The Morgan fingerprint density at radius 3 is 2.19 bits per heavy atom. The van der Waals surface area contributed by atoms with Gasteiger partial charge in [0.25, 0.3) is 5.91 Å². The lowest BCUT2D eigenvalue weighted by Gasteiger charge is -2.39.